The Morgan fingerprint density at radius 3 is 2.67 bits per heavy atom. The topological polar surface area (TPSA) is 37.5 Å². The van der Waals surface area contributed by atoms with Crippen molar-refractivity contribution in [1.82, 2.24) is 9.38 Å². The summed E-state index contributed by atoms with van der Waals surface area (Å²) >= 11 is 3.49. The number of hydrogen-bond donors (Lipinski definition) is 1. The van der Waals surface area contributed by atoms with Crippen molar-refractivity contribution in [1.29, 1.82) is 0 Å². The Hall–Kier alpha value is -1.81. The Morgan fingerprint density at radius 2 is 1.94 bits per heavy atom. The highest BCUT2D eigenvalue weighted by atomic mass is 79.9. The lowest BCUT2D eigenvalue weighted by Crippen LogP contribution is -1.87. The number of phenolic OH excluding ortho intramolecular Hbond substituents is 1. The molecule has 1 aromatic carbocycles. The van der Waals surface area contributed by atoms with Gasteiger partial charge in [0.1, 0.15) is 5.75 Å². The fraction of sp³-hybridized carbons (Fsp3) is 0.0714. The maximum absolute atomic E-state index is 9.92. The summed E-state index contributed by atoms with van der Waals surface area (Å²) in [5.41, 5.74) is 3.42. The van der Waals surface area contributed by atoms with E-state index < -0.39 is 0 Å². The molecule has 0 aliphatic heterocycles. The molecule has 0 spiro atoms. The Labute approximate surface area is 113 Å². The minimum absolute atomic E-state index is 0.250. The van der Waals surface area contributed by atoms with E-state index in [4.69, 9.17) is 0 Å². The number of imidazole rings is 1. The molecule has 3 nitrogen and oxygen atoms in total. The predicted molar refractivity (Wildman–Crippen MR) is 74.7 cm³/mol. The van der Waals surface area contributed by atoms with Crippen LogP contribution in [0.2, 0.25) is 0 Å². The average Bonchev–Trinajstić information content (AvgIpc) is 2.70. The van der Waals surface area contributed by atoms with Crippen molar-refractivity contribution in [2.24, 2.45) is 0 Å². The van der Waals surface area contributed by atoms with Crippen molar-refractivity contribution in [3.63, 3.8) is 0 Å². The molecule has 0 radical (unpaired) electrons. The zero-order valence-electron chi connectivity index (χ0n) is 9.76. The highest BCUT2D eigenvalue weighted by molar-refractivity contribution is 9.10. The van der Waals surface area contributed by atoms with Crippen LogP contribution in [0.15, 0.2) is 47.1 Å². The molecule has 0 aliphatic carbocycles. The number of aromatic nitrogens is 2. The normalized spacial score (nSPS) is 11.0. The zero-order valence-corrected chi connectivity index (χ0v) is 11.3. The summed E-state index contributed by atoms with van der Waals surface area (Å²) in [5.74, 6) is 0.250. The summed E-state index contributed by atoms with van der Waals surface area (Å²) in [6.07, 6.45) is 1.96. The minimum Gasteiger partial charge on any atom is -0.507 e. The van der Waals surface area contributed by atoms with E-state index in [9.17, 15) is 5.11 Å². The number of phenols is 1. The molecule has 0 saturated carbocycles. The third-order valence-electron chi connectivity index (χ3n) is 3.00. The first kappa shape index (κ1) is 11.3. The second kappa shape index (κ2) is 4.14. The summed E-state index contributed by atoms with van der Waals surface area (Å²) in [6.45, 7) is 1.99. The molecule has 0 unspecified atom stereocenters. The van der Waals surface area contributed by atoms with E-state index in [0.29, 0.717) is 0 Å². The predicted octanol–water partition coefficient (Wildman–Crippen LogP) is 3.78. The van der Waals surface area contributed by atoms with Gasteiger partial charge in [0.25, 0.3) is 0 Å². The summed E-state index contributed by atoms with van der Waals surface area (Å²) < 4.78 is 2.95. The fourth-order valence-electron chi connectivity index (χ4n) is 2.08. The van der Waals surface area contributed by atoms with Crippen LogP contribution in [-0.4, -0.2) is 14.5 Å². The minimum atomic E-state index is 0.250. The molecule has 90 valence electrons. The van der Waals surface area contributed by atoms with E-state index in [0.717, 1.165) is 27.1 Å². The van der Waals surface area contributed by atoms with Gasteiger partial charge in [-0.25, -0.2) is 4.98 Å². The smallest absolute Gasteiger partial charge is 0.152 e. The van der Waals surface area contributed by atoms with E-state index >= 15 is 0 Å². The van der Waals surface area contributed by atoms with Crippen LogP contribution < -0.4 is 0 Å². The third kappa shape index (κ3) is 1.61. The lowest BCUT2D eigenvalue weighted by Gasteiger charge is -2.01. The second-order valence-corrected chi connectivity index (χ2v) is 4.97. The van der Waals surface area contributed by atoms with E-state index in [1.54, 1.807) is 12.1 Å². The van der Waals surface area contributed by atoms with Crippen molar-refractivity contribution in [2.75, 3.05) is 0 Å². The van der Waals surface area contributed by atoms with E-state index in [1.807, 2.05) is 41.8 Å². The van der Waals surface area contributed by atoms with Gasteiger partial charge in [-0.15, -0.1) is 0 Å². The van der Waals surface area contributed by atoms with Crippen LogP contribution >= 0.6 is 15.9 Å². The van der Waals surface area contributed by atoms with Crippen molar-refractivity contribution in [2.45, 2.75) is 6.92 Å². The zero-order chi connectivity index (χ0) is 12.7. The Morgan fingerprint density at radius 1 is 1.17 bits per heavy atom. The van der Waals surface area contributed by atoms with Crippen molar-refractivity contribution in [3.8, 4) is 17.0 Å². The lowest BCUT2D eigenvalue weighted by atomic mass is 10.1. The number of aromatic hydroxyl groups is 1. The highest BCUT2D eigenvalue weighted by Crippen LogP contribution is 2.32. The van der Waals surface area contributed by atoms with Gasteiger partial charge in [-0.2, -0.15) is 0 Å². The highest BCUT2D eigenvalue weighted by Gasteiger charge is 2.14. The first-order valence-electron chi connectivity index (χ1n) is 5.60. The van der Waals surface area contributed by atoms with Gasteiger partial charge in [0.15, 0.2) is 5.65 Å². The van der Waals surface area contributed by atoms with Crippen molar-refractivity contribution >= 4 is 21.6 Å². The average molecular weight is 303 g/mol. The Bertz CT molecular complexity index is 734. The van der Waals surface area contributed by atoms with Crippen LogP contribution in [-0.2, 0) is 0 Å². The quantitative estimate of drug-likeness (QED) is 0.743. The number of pyridine rings is 1. The van der Waals surface area contributed by atoms with Crippen LogP contribution in [0.5, 0.6) is 5.75 Å². The maximum Gasteiger partial charge on any atom is 0.152 e. The number of halogens is 1. The number of hydrogen-bond acceptors (Lipinski definition) is 2. The number of para-hydroxylation sites is 1. The van der Waals surface area contributed by atoms with Crippen LogP contribution in [0.4, 0.5) is 0 Å². The monoisotopic (exact) mass is 302 g/mol. The lowest BCUT2D eigenvalue weighted by molar-refractivity contribution is 0.477. The second-order valence-electron chi connectivity index (χ2n) is 4.11. The number of nitrogens with zero attached hydrogens (tertiary/aromatic N) is 2. The molecule has 18 heavy (non-hydrogen) atoms. The molecule has 0 bridgehead atoms. The van der Waals surface area contributed by atoms with Crippen molar-refractivity contribution < 1.29 is 5.11 Å². The number of rotatable bonds is 1. The largest absolute Gasteiger partial charge is 0.507 e. The molecule has 3 rings (SSSR count). The molecule has 0 atom stereocenters. The summed E-state index contributed by atoms with van der Waals surface area (Å²) in [6, 6.07) is 11.2. The van der Waals surface area contributed by atoms with Crippen LogP contribution in [0, 0.1) is 6.92 Å². The molecule has 2 heterocycles. The fourth-order valence-corrected chi connectivity index (χ4v) is 2.51. The SMILES string of the molecule is Cc1c(-c2ccccc2O)nc2c(Br)cccn12. The molecule has 1 N–H and O–H groups in total. The van der Waals surface area contributed by atoms with Gasteiger partial charge in [-0.3, -0.25) is 0 Å². The molecule has 0 aliphatic rings. The van der Waals surface area contributed by atoms with Gasteiger partial charge >= 0.3 is 0 Å². The standard InChI is InChI=1S/C14H11BrN2O/c1-9-13(10-5-2-3-7-12(10)18)16-14-11(15)6-4-8-17(9)14/h2-8,18H,1H3. The van der Waals surface area contributed by atoms with Crippen LogP contribution in [0.25, 0.3) is 16.9 Å². The van der Waals surface area contributed by atoms with Gasteiger partial charge < -0.3 is 9.51 Å². The molecular weight excluding hydrogens is 292 g/mol. The number of fused-ring (bicyclic) bond motifs is 1. The van der Waals surface area contributed by atoms with Gasteiger partial charge in [-0.1, -0.05) is 12.1 Å². The summed E-state index contributed by atoms with van der Waals surface area (Å²) in [5, 5.41) is 9.92. The van der Waals surface area contributed by atoms with Crippen LogP contribution in [0.3, 0.4) is 0 Å². The molecule has 4 heteroatoms. The van der Waals surface area contributed by atoms with Crippen molar-refractivity contribution in [3.05, 3.63) is 52.8 Å². The molecule has 0 amide bonds. The van der Waals surface area contributed by atoms with Gasteiger partial charge in [0.2, 0.25) is 0 Å². The van der Waals surface area contributed by atoms with Gasteiger partial charge in [0, 0.05) is 17.5 Å². The molecule has 3 aromatic rings. The van der Waals surface area contributed by atoms with Gasteiger partial charge in [0.05, 0.1) is 10.2 Å². The molecule has 0 saturated heterocycles. The van der Waals surface area contributed by atoms with Gasteiger partial charge in [-0.05, 0) is 47.1 Å². The number of benzene rings is 1. The van der Waals surface area contributed by atoms with Crippen LogP contribution in [0.1, 0.15) is 5.69 Å². The van der Waals surface area contributed by atoms with E-state index in [1.165, 1.54) is 0 Å². The molecule has 0 fully saturated rings. The summed E-state index contributed by atoms with van der Waals surface area (Å²) in [7, 11) is 0. The first-order valence-corrected chi connectivity index (χ1v) is 6.39. The number of aryl methyl sites for hydroxylation is 1. The first-order chi connectivity index (χ1) is 8.68. The Balaban J connectivity index is 2.35. The van der Waals surface area contributed by atoms with E-state index in [-0.39, 0.29) is 5.75 Å². The Kier molecular flexibility index (Phi) is 2.59. The molecular formula is C14H11BrN2O. The third-order valence-corrected chi connectivity index (χ3v) is 3.62. The van der Waals surface area contributed by atoms with E-state index in [2.05, 4.69) is 20.9 Å². The molecule has 2 aromatic heterocycles. The summed E-state index contributed by atoms with van der Waals surface area (Å²) in [4.78, 5) is 4.60. The maximum atomic E-state index is 9.92.